The highest BCUT2D eigenvalue weighted by Gasteiger charge is 2.15. The Morgan fingerprint density at radius 3 is 2.59 bits per heavy atom. The molecular weight excluding hydrogens is 481 g/mol. The normalized spacial score (nSPS) is 11.4. The van der Waals surface area contributed by atoms with E-state index in [4.69, 9.17) is 34.3 Å². The Kier molecular flexibility index (Phi) is 6.30. The third kappa shape index (κ3) is 4.60. The van der Waals surface area contributed by atoms with E-state index in [0.717, 1.165) is 0 Å². The summed E-state index contributed by atoms with van der Waals surface area (Å²) < 4.78 is 1.65. The molecule has 11 nitrogen and oxygen atoms in total. The summed E-state index contributed by atoms with van der Waals surface area (Å²) in [5.74, 6) is -0.418. The summed E-state index contributed by atoms with van der Waals surface area (Å²) in [4.78, 5) is 20.0. The number of para-hydroxylation sites is 1. The summed E-state index contributed by atoms with van der Waals surface area (Å²) in [6, 6.07) is 9.82. The molecule has 0 fully saturated rings. The van der Waals surface area contributed by atoms with Gasteiger partial charge >= 0.3 is 0 Å². The summed E-state index contributed by atoms with van der Waals surface area (Å²) in [5, 5.41) is 32.3. The van der Waals surface area contributed by atoms with Gasteiger partial charge in [-0.1, -0.05) is 29.3 Å². The van der Waals surface area contributed by atoms with E-state index >= 15 is 0 Å². The van der Waals surface area contributed by atoms with Crippen LogP contribution in [0.1, 0.15) is 5.69 Å². The molecule has 6 N–H and O–H groups in total. The number of aryl methyl sites for hydroxylation is 1. The molecule has 3 heterocycles. The number of nitrogens with two attached hydrogens (primary N) is 1. The lowest BCUT2D eigenvalue weighted by Crippen LogP contribution is -2.27. The molecule has 0 spiro atoms. The number of anilines is 2. The molecule has 0 saturated heterocycles. The lowest BCUT2D eigenvalue weighted by atomic mass is 10.2. The molecule has 0 aliphatic rings. The van der Waals surface area contributed by atoms with Gasteiger partial charge < -0.3 is 21.5 Å². The molecule has 0 aliphatic heterocycles. The number of hydrogen-bond acceptors (Lipinski definition) is 9. The van der Waals surface area contributed by atoms with Crippen LogP contribution in [0.3, 0.4) is 0 Å². The van der Waals surface area contributed by atoms with E-state index in [0.29, 0.717) is 38.6 Å². The predicted octanol–water partition coefficient (Wildman–Crippen LogP) is 3.38. The first-order valence-electron chi connectivity index (χ1n) is 9.69. The number of aromatic hydroxyl groups is 1. The molecule has 172 valence electrons. The first kappa shape index (κ1) is 23.0. The van der Waals surface area contributed by atoms with E-state index in [9.17, 15) is 9.90 Å². The van der Waals surface area contributed by atoms with Gasteiger partial charge in [0.15, 0.2) is 5.82 Å². The standard InChI is InChI=1S/C21H17Cl2N9O2/c1-10-7-16(33)29-21-31-30-20(32(10)21)14-6-5-11(8-26-14)28-15(17(24)19(25)34)9-27-18-12(22)3-2-4-13(18)23/h2-9,24,27-28H,1H3,(H2,25,34)(H,29,31,33)/b15-9+,24-17?. The molecule has 0 aliphatic carbocycles. The molecule has 0 unspecified atom stereocenters. The second-order valence-corrected chi connectivity index (χ2v) is 7.82. The zero-order chi connectivity index (χ0) is 24.4. The zero-order valence-electron chi connectivity index (χ0n) is 17.5. The number of carbonyl (C=O) groups excluding carboxylic acids is 1. The first-order valence-corrected chi connectivity index (χ1v) is 10.4. The van der Waals surface area contributed by atoms with Gasteiger partial charge in [0, 0.05) is 18.0 Å². The van der Waals surface area contributed by atoms with Gasteiger partial charge in [0.2, 0.25) is 5.88 Å². The van der Waals surface area contributed by atoms with Gasteiger partial charge in [0.05, 0.1) is 33.3 Å². The number of halogens is 2. The smallest absolute Gasteiger partial charge is 0.268 e. The van der Waals surface area contributed by atoms with E-state index in [-0.39, 0.29) is 17.4 Å². The van der Waals surface area contributed by atoms with Crippen LogP contribution in [0.2, 0.25) is 10.0 Å². The maximum atomic E-state index is 11.6. The minimum Gasteiger partial charge on any atom is -0.493 e. The van der Waals surface area contributed by atoms with Crippen molar-refractivity contribution >= 4 is 52.0 Å². The van der Waals surface area contributed by atoms with Crippen LogP contribution in [0, 0.1) is 12.3 Å². The van der Waals surface area contributed by atoms with Crippen LogP contribution in [0.5, 0.6) is 5.88 Å². The van der Waals surface area contributed by atoms with Gasteiger partial charge in [-0.2, -0.15) is 4.98 Å². The number of rotatable bonds is 7. The largest absolute Gasteiger partial charge is 0.493 e. The summed E-state index contributed by atoms with van der Waals surface area (Å²) >= 11 is 12.3. The average molecular weight is 498 g/mol. The molecule has 1 aromatic carbocycles. The average Bonchev–Trinajstić information content (AvgIpc) is 3.22. The SMILES string of the molecule is Cc1cc(O)nc2nnc(-c3ccc(N/C(=C/Nc4c(Cl)cccc4Cl)C(=N)C(N)=O)cn3)n12. The number of carbonyl (C=O) groups is 1. The highest BCUT2D eigenvalue weighted by Crippen LogP contribution is 2.30. The zero-order valence-corrected chi connectivity index (χ0v) is 19.1. The monoisotopic (exact) mass is 497 g/mol. The second-order valence-electron chi connectivity index (χ2n) is 7.01. The van der Waals surface area contributed by atoms with Crippen LogP contribution in [0.15, 0.2) is 54.5 Å². The van der Waals surface area contributed by atoms with Gasteiger partial charge in [-0.25, -0.2) is 0 Å². The fourth-order valence-corrected chi connectivity index (χ4v) is 3.57. The van der Waals surface area contributed by atoms with Crippen molar-refractivity contribution in [2.24, 2.45) is 5.73 Å². The van der Waals surface area contributed by atoms with Gasteiger partial charge in [0.25, 0.3) is 11.7 Å². The van der Waals surface area contributed by atoms with Gasteiger partial charge in [0.1, 0.15) is 11.4 Å². The van der Waals surface area contributed by atoms with E-state index < -0.39 is 11.6 Å². The lowest BCUT2D eigenvalue weighted by Gasteiger charge is -2.13. The summed E-state index contributed by atoms with van der Waals surface area (Å²) in [6.45, 7) is 1.78. The Bertz CT molecular complexity index is 1430. The Morgan fingerprint density at radius 1 is 1.21 bits per heavy atom. The van der Waals surface area contributed by atoms with Gasteiger partial charge in [-0.15, -0.1) is 10.2 Å². The van der Waals surface area contributed by atoms with Crippen molar-refractivity contribution in [3.63, 3.8) is 0 Å². The molecule has 3 aromatic heterocycles. The maximum Gasteiger partial charge on any atom is 0.268 e. The summed E-state index contributed by atoms with van der Waals surface area (Å²) in [5.41, 5.74) is 6.95. The minimum atomic E-state index is -0.934. The Labute approximate surface area is 202 Å². The fraction of sp³-hybridized carbons (Fsp3) is 0.0476. The van der Waals surface area contributed by atoms with Crippen molar-refractivity contribution in [1.29, 1.82) is 5.41 Å². The number of primary amides is 1. The van der Waals surface area contributed by atoms with Crippen molar-refractivity contribution in [3.05, 3.63) is 70.2 Å². The molecule has 0 radical (unpaired) electrons. The summed E-state index contributed by atoms with van der Waals surface area (Å²) in [7, 11) is 0. The summed E-state index contributed by atoms with van der Waals surface area (Å²) in [6.07, 6.45) is 2.85. The topological polar surface area (TPSA) is 167 Å². The van der Waals surface area contributed by atoms with Crippen LogP contribution in [0.4, 0.5) is 11.4 Å². The molecule has 13 heteroatoms. The Hall–Kier alpha value is -4.22. The van der Waals surface area contributed by atoms with Crippen molar-refractivity contribution in [2.75, 3.05) is 10.6 Å². The number of nitrogens with zero attached hydrogens (tertiary/aromatic N) is 5. The van der Waals surface area contributed by atoms with Crippen molar-refractivity contribution in [2.45, 2.75) is 6.92 Å². The van der Waals surface area contributed by atoms with Crippen LogP contribution in [-0.2, 0) is 4.79 Å². The van der Waals surface area contributed by atoms with E-state index in [1.807, 2.05) is 0 Å². The van der Waals surface area contributed by atoms with Crippen molar-refractivity contribution in [3.8, 4) is 17.4 Å². The van der Waals surface area contributed by atoms with E-state index in [1.54, 1.807) is 41.7 Å². The molecule has 1 amide bonds. The lowest BCUT2D eigenvalue weighted by molar-refractivity contribution is -0.112. The van der Waals surface area contributed by atoms with Crippen LogP contribution < -0.4 is 16.4 Å². The molecule has 0 saturated carbocycles. The number of benzene rings is 1. The molecule has 34 heavy (non-hydrogen) atoms. The number of hydrogen-bond donors (Lipinski definition) is 5. The second kappa shape index (κ2) is 9.33. The minimum absolute atomic E-state index is 0.0708. The van der Waals surface area contributed by atoms with Crippen molar-refractivity contribution in [1.82, 2.24) is 24.6 Å². The molecule has 4 rings (SSSR count). The van der Waals surface area contributed by atoms with Crippen LogP contribution in [-0.4, -0.2) is 41.3 Å². The van der Waals surface area contributed by atoms with E-state index in [2.05, 4.69) is 30.8 Å². The number of aromatic nitrogens is 5. The quantitative estimate of drug-likeness (QED) is 0.242. The first-order chi connectivity index (χ1) is 16.2. The maximum absolute atomic E-state index is 11.6. The van der Waals surface area contributed by atoms with Crippen LogP contribution >= 0.6 is 23.2 Å². The molecular formula is C21H17Cl2N9O2. The van der Waals surface area contributed by atoms with E-state index in [1.165, 1.54) is 18.5 Å². The molecule has 4 aromatic rings. The predicted molar refractivity (Wildman–Crippen MR) is 129 cm³/mol. The molecule has 0 atom stereocenters. The number of pyridine rings is 1. The number of nitrogens with one attached hydrogen (secondary N) is 3. The number of fused-ring (bicyclic) bond motifs is 1. The Morgan fingerprint density at radius 2 is 1.94 bits per heavy atom. The van der Waals surface area contributed by atoms with Gasteiger partial charge in [-0.3, -0.25) is 19.6 Å². The van der Waals surface area contributed by atoms with Crippen molar-refractivity contribution < 1.29 is 9.90 Å². The third-order valence-corrected chi connectivity index (χ3v) is 5.29. The number of amides is 1. The Balaban J connectivity index is 1.62. The molecule has 0 bridgehead atoms. The fourth-order valence-electron chi connectivity index (χ4n) is 3.06. The van der Waals surface area contributed by atoms with Gasteiger partial charge in [-0.05, 0) is 31.2 Å². The highest BCUT2D eigenvalue weighted by molar-refractivity contribution is 6.44. The third-order valence-electron chi connectivity index (χ3n) is 4.66. The highest BCUT2D eigenvalue weighted by atomic mass is 35.5. The van der Waals surface area contributed by atoms with Crippen LogP contribution in [0.25, 0.3) is 17.3 Å².